The summed E-state index contributed by atoms with van der Waals surface area (Å²) in [5, 5.41) is 2.94. The van der Waals surface area contributed by atoms with Crippen LogP contribution in [-0.4, -0.2) is 27.0 Å². The highest BCUT2D eigenvalue weighted by Gasteiger charge is 2.06. The summed E-state index contributed by atoms with van der Waals surface area (Å²) in [4.78, 5) is 20.4. The molecule has 0 saturated heterocycles. The molecule has 0 spiro atoms. The van der Waals surface area contributed by atoms with E-state index in [0.29, 0.717) is 12.1 Å². The molecule has 0 aliphatic carbocycles. The van der Waals surface area contributed by atoms with Crippen molar-refractivity contribution in [3.05, 3.63) is 78.5 Å². The van der Waals surface area contributed by atoms with E-state index < -0.39 is 0 Å². The molecular weight excluding hydrogens is 300 g/mol. The molecule has 0 atom stereocenters. The first-order valence-electron chi connectivity index (χ1n) is 8.09. The largest absolute Gasteiger partial charge is 0.352 e. The molecule has 0 bridgehead atoms. The Morgan fingerprint density at radius 1 is 1.08 bits per heavy atom. The zero-order valence-electron chi connectivity index (χ0n) is 13.4. The second-order valence-electron chi connectivity index (χ2n) is 5.57. The average Bonchev–Trinajstić information content (AvgIpc) is 3.17. The van der Waals surface area contributed by atoms with Gasteiger partial charge in [0.2, 0.25) is 0 Å². The van der Waals surface area contributed by atoms with Crippen LogP contribution < -0.4 is 5.32 Å². The van der Waals surface area contributed by atoms with Crippen LogP contribution in [0.3, 0.4) is 0 Å². The number of unbranched alkanes of at least 4 members (excludes halogenated alkanes) is 1. The van der Waals surface area contributed by atoms with E-state index in [9.17, 15) is 4.79 Å². The number of aromatic nitrogens is 3. The number of carbonyl (C=O) groups is 1. The maximum atomic E-state index is 12.1. The number of pyridine rings is 1. The Morgan fingerprint density at radius 3 is 2.67 bits per heavy atom. The fourth-order valence-corrected chi connectivity index (χ4v) is 2.47. The number of imidazole rings is 1. The normalized spacial score (nSPS) is 10.5. The molecule has 1 amide bonds. The van der Waals surface area contributed by atoms with Gasteiger partial charge < -0.3 is 5.32 Å². The molecule has 122 valence electrons. The monoisotopic (exact) mass is 320 g/mol. The van der Waals surface area contributed by atoms with E-state index in [4.69, 9.17) is 0 Å². The Morgan fingerprint density at radius 2 is 1.96 bits per heavy atom. The summed E-state index contributed by atoms with van der Waals surface area (Å²) in [6, 6.07) is 14.0. The number of hydrogen-bond donors (Lipinski definition) is 1. The van der Waals surface area contributed by atoms with E-state index in [0.717, 1.165) is 25.1 Å². The highest BCUT2D eigenvalue weighted by Crippen LogP contribution is 2.06. The van der Waals surface area contributed by atoms with Gasteiger partial charge in [0, 0.05) is 25.1 Å². The van der Waals surface area contributed by atoms with Crippen molar-refractivity contribution in [2.45, 2.75) is 19.3 Å². The summed E-state index contributed by atoms with van der Waals surface area (Å²) >= 11 is 0. The lowest BCUT2D eigenvalue weighted by Gasteiger charge is -2.06. The van der Waals surface area contributed by atoms with Crippen LogP contribution in [-0.2, 0) is 6.42 Å². The maximum absolute atomic E-state index is 12.1. The van der Waals surface area contributed by atoms with Gasteiger partial charge in [0.15, 0.2) is 0 Å². The van der Waals surface area contributed by atoms with Gasteiger partial charge in [-0.15, -0.1) is 0 Å². The molecule has 3 aromatic rings. The summed E-state index contributed by atoms with van der Waals surface area (Å²) in [5.41, 5.74) is 1.91. The lowest BCUT2D eigenvalue weighted by atomic mass is 10.1. The molecule has 0 radical (unpaired) electrons. The van der Waals surface area contributed by atoms with Crippen LogP contribution in [0.1, 0.15) is 28.8 Å². The van der Waals surface area contributed by atoms with Gasteiger partial charge in [0.25, 0.3) is 5.91 Å². The Balaban J connectivity index is 1.42. The SMILES string of the molecule is O=C(NCCCCc1ccccc1)c1ccc(-n2ccnc2)nc1. The van der Waals surface area contributed by atoms with Crippen molar-refractivity contribution in [3.63, 3.8) is 0 Å². The Hall–Kier alpha value is -2.95. The van der Waals surface area contributed by atoms with E-state index >= 15 is 0 Å². The fraction of sp³-hybridized carbons (Fsp3) is 0.211. The second kappa shape index (κ2) is 8.06. The van der Waals surface area contributed by atoms with Gasteiger partial charge in [0.05, 0.1) is 5.56 Å². The first-order chi connectivity index (χ1) is 11.8. The predicted octanol–water partition coefficient (Wildman–Crippen LogP) is 3.02. The van der Waals surface area contributed by atoms with Gasteiger partial charge in [-0.1, -0.05) is 30.3 Å². The van der Waals surface area contributed by atoms with Gasteiger partial charge in [-0.2, -0.15) is 0 Å². The van der Waals surface area contributed by atoms with Crippen molar-refractivity contribution in [1.29, 1.82) is 0 Å². The molecular formula is C19H20N4O. The molecule has 5 heteroatoms. The Bertz CT molecular complexity index is 752. The highest BCUT2D eigenvalue weighted by atomic mass is 16.1. The first-order valence-corrected chi connectivity index (χ1v) is 8.09. The van der Waals surface area contributed by atoms with E-state index in [1.54, 1.807) is 29.4 Å². The number of benzene rings is 1. The molecule has 0 unspecified atom stereocenters. The topological polar surface area (TPSA) is 59.8 Å². The summed E-state index contributed by atoms with van der Waals surface area (Å²) in [6.07, 6.45) is 9.83. The minimum Gasteiger partial charge on any atom is -0.352 e. The van der Waals surface area contributed by atoms with Crippen LogP contribution in [0.5, 0.6) is 0 Å². The van der Waals surface area contributed by atoms with Gasteiger partial charge in [-0.05, 0) is 37.0 Å². The maximum Gasteiger partial charge on any atom is 0.252 e. The zero-order chi connectivity index (χ0) is 16.6. The van der Waals surface area contributed by atoms with Gasteiger partial charge in [-0.25, -0.2) is 9.97 Å². The van der Waals surface area contributed by atoms with Gasteiger partial charge in [-0.3, -0.25) is 9.36 Å². The lowest BCUT2D eigenvalue weighted by molar-refractivity contribution is 0.0952. The standard InChI is InChI=1S/C19H20N4O/c24-19(21-11-5-4-8-16-6-2-1-3-7-16)17-9-10-18(22-14-17)23-13-12-20-15-23/h1-3,6-7,9-10,12-15H,4-5,8,11H2,(H,21,24). The zero-order valence-corrected chi connectivity index (χ0v) is 13.4. The van der Waals surface area contributed by atoms with E-state index in [1.807, 2.05) is 18.3 Å². The number of amides is 1. The fourth-order valence-electron chi connectivity index (χ4n) is 2.47. The number of carbonyl (C=O) groups excluding carboxylic acids is 1. The molecule has 1 N–H and O–H groups in total. The van der Waals surface area contributed by atoms with Crippen molar-refractivity contribution in [1.82, 2.24) is 19.9 Å². The molecule has 2 aromatic heterocycles. The quantitative estimate of drug-likeness (QED) is 0.681. The van der Waals surface area contributed by atoms with Crippen molar-refractivity contribution in [2.24, 2.45) is 0 Å². The second-order valence-corrected chi connectivity index (χ2v) is 5.57. The minimum absolute atomic E-state index is 0.0839. The number of hydrogen-bond acceptors (Lipinski definition) is 3. The highest BCUT2D eigenvalue weighted by molar-refractivity contribution is 5.93. The molecule has 24 heavy (non-hydrogen) atoms. The number of nitrogens with zero attached hydrogens (tertiary/aromatic N) is 3. The summed E-state index contributed by atoms with van der Waals surface area (Å²) in [5.74, 6) is 0.659. The minimum atomic E-state index is -0.0839. The third-order valence-electron chi connectivity index (χ3n) is 3.80. The van der Waals surface area contributed by atoms with Crippen LogP contribution >= 0.6 is 0 Å². The summed E-state index contributed by atoms with van der Waals surface area (Å²) in [7, 11) is 0. The molecule has 0 fully saturated rings. The van der Waals surface area contributed by atoms with E-state index in [2.05, 4.69) is 39.6 Å². The lowest BCUT2D eigenvalue weighted by Crippen LogP contribution is -2.24. The first kappa shape index (κ1) is 15.9. The van der Waals surface area contributed by atoms with E-state index in [1.165, 1.54) is 5.56 Å². The number of nitrogens with one attached hydrogen (secondary N) is 1. The summed E-state index contributed by atoms with van der Waals surface area (Å²) < 4.78 is 1.80. The Kier molecular flexibility index (Phi) is 5.35. The van der Waals surface area contributed by atoms with Gasteiger partial charge in [0.1, 0.15) is 12.1 Å². The number of aryl methyl sites for hydroxylation is 1. The van der Waals surface area contributed by atoms with Crippen LogP contribution in [0.4, 0.5) is 0 Å². The molecule has 3 rings (SSSR count). The molecule has 2 heterocycles. The van der Waals surface area contributed by atoms with Crippen LogP contribution in [0.15, 0.2) is 67.4 Å². The van der Waals surface area contributed by atoms with Crippen LogP contribution in [0.25, 0.3) is 5.82 Å². The van der Waals surface area contributed by atoms with Crippen molar-refractivity contribution in [3.8, 4) is 5.82 Å². The summed E-state index contributed by atoms with van der Waals surface area (Å²) in [6.45, 7) is 0.676. The van der Waals surface area contributed by atoms with E-state index in [-0.39, 0.29) is 5.91 Å². The molecule has 0 aliphatic heterocycles. The predicted molar refractivity (Wildman–Crippen MR) is 93.1 cm³/mol. The molecule has 1 aromatic carbocycles. The Labute approximate surface area is 141 Å². The van der Waals surface area contributed by atoms with Crippen LogP contribution in [0.2, 0.25) is 0 Å². The number of rotatable bonds is 7. The molecule has 0 saturated carbocycles. The van der Waals surface area contributed by atoms with Crippen molar-refractivity contribution < 1.29 is 4.79 Å². The van der Waals surface area contributed by atoms with Gasteiger partial charge >= 0.3 is 0 Å². The molecule has 0 aliphatic rings. The smallest absolute Gasteiger partial charge is 0.252 e. The third-order valence-corrected chi connectivity index (χ3v) is 3.80. The van der Waals surface area contributed by atoms with Crippen molar-refractivity contribution >= 4 is 5.91 Å². The average molecular weight is 320 g/mol. The van der Waals surface area contributed by atoms with Crippen LogP contribution in [0, 0.1) is 0 Å². The third kappa shape index (κ3) is 4.29. The van der Waals surface area contributed by atoms with Crippen molar-refractivity contribution in [2.75, 3.05) is 6.54 Å². The molecule has 5 nitrogen and oxygen atoms in total.